The SMILES string of the molecule is CC1CCCC1CNc1cc(C#N)c2ccccc2n1. The van der Waals surface area contributed by atoms with Gasteiger partial charge in [0.25, 0.3) is 0 Å². The highest BCUT2D eigenvalue weighted by molar-refractivity contribution is 5.86. The van der Waals surface area contributed by atoms with Gasteiger partial charge < -0.3 is 5.32 Å². The van der Waals surface area contributed by atoms with Crippen molar-refractivity contribution in [1.29, 1.82) is 5.26 Å². The first-order chi connectivity index (χ1) is 9.78. The number of pyridine rings is 1. The first-order valence-electron chi connectivity index (χ1n) is 7.31. The minimum atomic E-state index is 0.692. The lowest BCUT2D eigenvalue weighted by atomic mass is 9.98. The molecule has 0 saturated heterocycles. The summed E-state index contributed by atoms with van der Waals surface area (Å²) in [4.78, 5) is 4.61. The summed E-state index contributed by atoms with van der Waals surface area (Å²) < 4.78 is 0. The van der Waals surface area contributed by atoms with Crippen LogP contribution in [-0.2, 0) is 0 Å². The fraction of sp³-hybridized carbons (Fsp3) is 0.412. The van der Waals surface area contributed by atoms with Gasteiger partial charge in [0, 0.05) is 11.9 Å². The van der Waals surface area contributed by atoms with Crippen LogP contribution >= 0.6 is 0 Å². The lowest BCUT2D eigenvalue weighted by Crippen LogP contribution is -2.17. The summed E-state index contributed by atoms with van der Waals surface area (Å²) in [6, 6.07) is 11.9. The predicted octanol–water partition coefficient (Wildman–Crippen LogP) is 3.95. The van der Waals surface area contributed by atoms with Crippen LogP contribution in [0.4, 0.5) is 5.82 Å². The van der Waals surface area contributed by atoms with E-state index in [9.17, 15) is 5.26 Å². The van der Waals surface area contributed by atoms with Gasteiger partial charge in [-0.3, -0.25) is 0 Å². The number of aromatic nitrogens is 1. The number of nitrogens with one attached hydrogen (secondary N) is 1. The van der Waals surface area contributed by atoms with Crippen molar-refractivity contribution >= 4 is 16.7 Å². The molecule has 0 aliphatic heterocycles. The van der Waals surface area contributed by atoms with E-state index in [1.54, 1.807) is 0 Å². The summed E-state index contributed by atoms with van der Waals surface area (Å²) in [7, 11) is 0. The molecule has 0 amide bonds. The maximum atomic E-state index is 9.28. The standard InChI is InChI=1S/C17H19N3/c1-12-5-4-6-13(12)11-19-17-9-14(10-18)15-7-2-3-8-16(15)20-17/h2-3,7-9,12-13H,4-6,11H2,1H3,(H,19,20). The van der Waals surface area contributed by atoms with Gasteiger partial charge in [-0.2, -0.15) is 5.26 Å². The Morgan fingerprint density at radius 3 is 2.95 bits per heavy atom. The number of hydrogen-bond donors (Lipinski definition) is 1. The highest BCUT2D eigenvalue weighted by Crippen LogP contribution is 2.31. The second-order valence-corrected chi connectivity index (χ2v) is 5.73. The summed E-state index contributed by atoms with van der Waals surface area (Å²) in [5.41, 5.74) is 1.58. The molecule has 1 aliphatic carbocycles. The molecule has 1 aliphatic rings. The second kappa shape index (κ2) is 5.50. The zero-order valence-electron chi connectivity index (χ0n) is 11.8. The maximum absolute atomic E-state index is 9.28. The molecule has 1 heterocycles. The molecule has 1 aromatic heterocycles. The van der Waals surface area contributed by atoms with E-state index in [0.717, 1.165) is 35.1 Å². The molecule has 2 aromatic rings. The van der Waals surface area contributed by atoms with Crippen LogP contribution in [0.3, 0.4) is 0 Å². The summed E-state index contributed by atoms with van der Waals surface area (Å²) in [6.45, 7) is 3.28. The summed E-state index contributed by atoms with van der Waals surface area (Å²) in [5.74, 6) is 2.34. The van der Waals surface area contributed by atoms with Crippen molar-refractivity contribution in [2.75, 3.05) is 11.9 Å². The Hall–Kier alpha value is -2.08. The van der Waals surface area contributed by atoms with Crippen LogP contribution in [0.15, 0.2) is 30.3 Å². The Labute approximate surface area is 119 Å². The largest absolute Gasteiger partial charge is 0.370 e. The molecule has 102 valence electrons. The first kappa shape index (κ1) is 12.9. The Morgan fingerprint density at radius 2 is 2.20 bits per heavy atom. The molecule has 3 nitrogen and oxygen atoms in total. The highest BCUT2D eigenvalue weighted by atomic mass is 15.0. The van der Waals surface area contributed by atoms with Crippen LogP contribution in [-0.4, -0.2) is 11.5 Å². The van der Waals surface area contributed by atoms with E-state index < -0.39 is 0 Å². The lowest BCUT2D eigenvalue weighted by molar-refractivity contribution is 0.439. The molecule has 1 fully saturated rings. The van der Waals surface area contributed by atoms with Gasteiger partial charge in [-0.25, -0.2) is 4.98 Å². The number of para-hydroxylation sites is 1. The number of fused-ring (bicyclic) bond motifs is 1. The molecule has 0 spiro atoms. The van der Waals surface area contributed by atoms with Crippen LogP contribution in [0.25, 0.3) is 10.9 Å². The van der Waals surface area contributed by atoms with Gasteiger partial charge in [0.1, 0.15) is 5.82 Å². The van der Waals surface area contributed by atoms with Crippen LogP contribution in [0, 0.1) is 23.2 Å². The van der Waals surface area contributed by atoms with Crippen molar-refractivity contribution in [2.24, 2.45) is 11.8 Å². The maximum Gasteiger partial charge on any atom is 0.127 e. The third-order valence-corrected chi connectivity index (χ3v) is 4.42. The molecule has 0 radical (unpaired) electrons. The van der Waals surface area contributed by atoms with Crippen molar-refractivity contribution in [2.45, 2.75) is 26.2 Å². The Kier molecular flexibility index (Phi) is 3.56. The third kappa shape index (κ3) is 2.46. The van der Waals surface area contributed by atoms with Crippen molar-refractivity contribution in [3.05, 3.63) is 35.9 Å². The smallest absolute Gasteiger partial charge is 0.127 e. The van der Waals surface area contributed by atoms with Crippen LogP contribution < -0.4 is 5.32 Å². The first-order valence-corrected chi connectivity index (χ1v) is 7.31. The van der Waals surface area contributed by atoms with Gasteiger partial charge in [-0.15, -0.1) is 0 Å². The van der Waals surface area contributed by atoms with Gasteiger partial charge in [-0.1, -0.05) is 38.0 Å². The Morgan fingerprint density at radius 1 is 1.35 bits per heavy atom. The van der Waals surface area contributed by atoms with Crippen molar-refractivity contribution in [3.8, 4) is 6.07 Å². The minimum Gasteiger partial charge on any atom is -0.370 e. The Balaban J connectivity index is 1.83. The Bertz CT molecular complexity index is 657. The zero-order chi connectivity index (χ0) is 13.9. The van der Waals surface area contributed by atoms with E-state index in [1.165, 1.54) is 19.3 Å². The predicted molar refractivity (Wildman–Crippen MR) is 81.5 cm³/mol. The van der Waals surface area contributed by atoms with Gasteiger partial charge in [-0.05, 0) is 30.4 Å². The molecule has 1 aromatic carbocycles. The normalized spacial score (nSPS) is 21.8. The van der Waals surface area contributed by atoms with Gasteiger partial charge >= 0.3 is 0 Å². The fourth-order valence-corrected chi connectivity index (χ4v) is 3.12. The topological polar surface area (TPSA) is 48.7 Å². The quantitative estimate of drug-likeness (QED) is 0.914. The number of rotatable bonds is 3. The monoisotopic (exact) mass is 265 g/mol. The van der Waals surface area contributed by atoms with Gasteiger partial charge in [0.15, 0.2) is 0 Å². The summed E-state index contributed by atoms with van der Waals surface area (Å²) in [6.07, 6.45) is 3.97. The summed E-state index contributed by atoms with van der Waals surface area (Å²) in [5, 5.41) is 13.6. The van der Waals surface area contributed by atoms with E-state index >= 15 is 0 Å². The number of nitrogens with zero attached hydrogens (tertiary/aromatic N) is 2. The number of nitriles is 1. The molecule has 2 atom stereocenters. The second-order valence-electron chi connectivity index (χ2n) is 5.73. The van der Waals surface area contributed by atoms with Gasteiger partial charge in [0.05, 0.1) is 17.1 Å². The molecule has 2 unspecified atom stereocenters. The lowest BCUT2D eigenvalue weighted by Gasteiger charge is -2.16. The number of hydrogen-bond acceptors (Lipinski definition) is 3. The molecule has 1 N–H and O–H groups in total. The van der Waals surface area contributed by atoms with Crippen molar-refractivity contribution in [1.82, 2.24) is 4.98 Å². The van der Waals surface area contributed by atoms with E-state index in [0.29, 0.717) is 5.56 Å². The van der Waals surface area contributed by atoms with Crippen LogP contribution in [0.2, 0.25) is 0 Å². The molecule has 3 heteroatoms. The van der Waals surface area contributed by atoms with Crippen molar-refractivity contribution < 1.29 is 0 Å². The van der Waals surface area contributed by atoms with Crippen LogP contribution in [0.5, 0.6) is 0 Å². The fourth-order valence-electron chi connectivity index (χ4n) is 3.12. The van der Waals surface area contributed by atoms with E-state index in [4.69, 9.17) is 0 Å². The molecular formula is C17H19N3. The molecule has 3 rings (SSSR count). The number of anilines is 1. The zero-order valence-corrected chi connectivity index (χ0v) is 11.8. The van der Waals surface area contributed by atoms with Crippen LogP contribution in [0.1, 0.15) is 31.7 Å². The average Bonchev–Trinajstić information content (AvgIpc) is 2.89. The minimum absolute atomic E-state index is 0.692. The molecule has 0 bridgehead atoms. The van der Waals surface area contributed by atoms with E-state index in [1.807, 2.05) is 30.3 Å². The third-order valence-electron chi connectivity index (χ3n) is 4.42. The van der Waals surface area contributed by atoms with E-state index in [-0.39, 0.29) is 0 Å². The molecule has 20 heavy (non-hydrogen) atoms. The molecular weight excluding hydrogens is 246 g/mol. The van der Waals surface area contributed by atoms with Crippen molar-refractivity contribution in [3.63, 3.8) is 0 Å². The number of benzene rings is 1. The highest BCUT2D eigenvalue weighted by Gasteiger charge is 2.22. The molecule has 1 saturated carbocycles. The summed E-state index contributed by atoms with van der Waals surface area (Å²) >= 11 is 0. The van der Waals surface area contributed by atoms with E-state index in [2.05, 4.69) is 23.3 Å². The van der Waals surface area contributed by atoms with Gasteiger partial charge in [0.2, 0.25) is 0 Å². The average molecular weight is 265 g/mol.